The van der Waals surface area contributed by atoms with E-state index in [2.05, 4.69) is 65.1 Å². The first-order valence-electron chi connectivity index (χ1n) is 7.42. The van der Waals surface area contributed by atoms with Crippen LogP contribution in [0.4, 0.5) is 0 Å². The van der Waals surface area contributed by atoms with E-state index in [4.69, 9.17) is 0 Å². The lowest BCUT2D eigenvalue weighted by molar-refractivity contribution is 0.964. The van der Waals surface area contributed by atoms with Crippen molar-refractivity contribution in [1.82, 2.24) is 0 Å². The average Bonchev–Trinajstić information content (AvgIpc) is 2.34. The summed E-state index contributed by atoms with van der Waals surface area (Å²) < 4.78 is 0. The van der Waals surface area contributed by atoms with E-state index in [0.29, 0.717) is 0 Å². The fourth-order valence-electron chi connectivity index (χ4n) is 3.47. The Hall–Kier alpha value is -0.346. The summed E-state index contributed by atoms with van der Waals surface area (Å²) in [6, 6.07) is 12.5. The molecule has 0 spiro atoms. The van der Waals surface area contributed by atoms with E-state index in [-0.39, 0.29) is 0 Å². The molecule has 0 radical (unpaired) electrons. The van der Waals surface area contributed by atoms with Gasteiger partial charge >= 0.3 is 0 Å². The van der Waals surface area contributed by atoms with Gasteiger partial charge in [-0.2, -0.15) is 0 Å². The standard InChI is InChI=1S/C16H28Si2/c1-13(2)17(5)11-12-18(6,14(3)4)16-10-8-7-9-15(16)17/h7-10,13-14H,11-12H2,1-6H3/t17-,18+. The number of rotatable bonds is 2. The smallest absolute Gasteiger partial charge is 0.0651 e. The van der Waals surface area contributed by atoms with Crippen molar-refractivity contribution >= 4 is 26.5 Å². The lowest BCUT2D eigenvalue weighted by atomic mass is 10.4. The van der Waals surface area contributed by atoms with Crippen molar-refractivity contribution in [3.05, 3.63) is 24.3 Å². The number of fused-ring (bicyclic) bond motifs is 1. The van der Waals surface area contributed by atoms with Crippen molar-refractivity contribution in [2.24, 2.45) is 0 Å². The van der Waals surface area contributed by atoms with E-state index in [9.17, 15) is 0 Å². The van der Waals surface area contributed by atoms with Crippen molar-refractivity contribution < 1.29 is 0 Å². The molecule has 0 aliphatic carbocycles. The normalized spacial score (nSPS) is 31.8. The van der Waals surface area contributed by atoms with Gasteiger partial charge < -0.3 is 0 Å². The van der Waals surface area contributed by atoms with Gasteiger partial charge in [-0.3, -0.25) is 0 Å². The van der Waals surface area contributed by atoms with Gasteiger partial charge in [0.25, 0.3) is 0 Å². The van der Waals surface area contributed by atoms with E-state index in [0.717, 1.165) is 11.1 Å². The van der Waals surface area contributed by atoms with Crippen LogP contribution in [-0.2, 0) is 0 Å². The molecule has 0 fully saturated rings. The molecule has 18 heavy (non-hydrogen) atoms. The third-order valence-corrected chi connectivity index (χ3v) is 17.6. The molecular weight excluding hydrogens is 248 g/mol. The van der Waals surface area contributed by atoms with Crippen molar-refractivity contribution in [3.63, 3.8) is 0 Å². The minimum atomic E-state index is -1.23. The molecule has 0 bridgehead atoms. The van der Waals surface area contributed by atoms with Crippen LogP contribution in [-0.4, -0.2) is 16.1 Å². The highest BCUT2D eigenvalue weighted by Gasteiger charge is 2.46. The maximum atomic E-state index is 2.62. The molecule has 2 heteroatoms. The van der Waals surface area contributed by atoms with Gasteiger partial charge in [0.1, 0.15) is 0 Å². The molecule has 1 aromatic rings. The van der Waals surface area contributed by atoms with Crippen molar-refractivity contribution in [3.8, 4) is 0 Å². The quantitative estimate of drug-likeness (QED) is 0.714. The third-order valence-electron chi connectivity index (χ3n) is 5.87. The molecule has 0 nitrogen and oxygen atoms in total. The summed E-state index contributed by atoms with van der Waals surface area (Å²) in [4.78, 5) is 0. The number of hydrogen-bond donors (Lipinski definition) is 0. The van der Waals surface area contributed by atoms with Gasteiger partial charge in [0.2, 0.25) is 0 Å². The highest BCUT2D eigenvalue weighted by Crippen LogP contribution is 2.37. The fourth-order valence-corrected chi connectivity index (χ4v) is 14.6. The zero-order chi connectivity index (χ0) is 13.6. The van der Waals surface area contributed by atoms with Crippen LogP contribution in [0, 0.1) is 0 Å². The SMILES string of the molecule is CC(C)[Si@@]1(C)CC[Si@@](C)(C(C)C)c2ccccc21. The summed E-state index contributed by atoms with van der Waals surface area (Å²) in [5, 5.41) is 3.60. The number of benzene rings is 1. The Labute approximate surface area is 115 Å². The van der Waals surface area contributed by atoms with Gasteiger partial charge in [-0.15, -0.1) is 0 Å². The van der Waals surface area contributed by atoms with E-state index in [1.807, 2.05) is 0 Å². The first-order chi connectivity index (χ1) is 8.32. The van der Waals surface area contributed by atoms with E-state index in [1.54, 1.807) is 10.4 Å². The second kappa shape index (κ2) is 4.64. The minimum Gasteiger partial charge on any atom is -0.0651 e. The zero-order valence-corrected chi connectivity index (χ0v) is 14.9. The van der Waals surface area contributed by atoms with Crippen LogP contribution in [0.15, 0.2) is 24.3 Å². The van der Waals surface area contributed by atoms with Crippen LogP contribution in [0.1, 0.15) is 27.7 Å². The van der Waals surface area contributed by atoms with Crippen LogP contribution < -0.4 is 10.4 Å². The van der Waals surface area contributed by atoms with Crippen LogP contribution in [0.5, 0.6) is 0 Å². The summed E-state index contributed by atoms with van der Waals surface area (Å²) in [5.41, 5.74) is 1.73. The zero-order valence-electron chi connectivity index (χ0n) is 12.9. The molecule has 0 saturated carbocycles. The Morgan fingerprint density at radius 1 is 0.778 bits per heavy atom. The third kappa shape index (κ3) is 1.94. The Bertz CT molecular complexity index is 397. The second-order valence-corrected chi connectivity index (χ2v) is 17.2. The average molecular weight is 277 g/mol. The van der Waals surface area contributed by atoms with Gasteiger partial charge in [-0.05, 0) is 11.1 Å². The topological polar surface area (TPSA) is 0 Å². The maximum Gasteiger partial charge on any atom is 0.0857 e. The van der Waals surface area contributed by atoms with Gasteiger partial charge in [0.15, 0.2) is 0 Å². The predicted octanol–water partition coefficient (Wildman–Crippen LogP) is 4.09. The fraction of sp³-hybridized carbons (Fsp3) is 0.625. The van der Waals surface area contributed by atoms with E-state index >= 15 is 0 Å². The minimum absolute atomic E-state index is 0.865. The van der Waals surface area contributed by atoms with Crippen LogP contribution in [0.25, 0.3) is 0 Å². The molecule has 0 N–H and O–H groups in total. The molecular formula is C16H28Si2. The lowest BCUT2D eigenvalue weighted by Crippen LogP contribution is -2.67. The van der Waals surface area contributed by atoms with Crippen LogP contribution >= 0.6 is 0 Å². The lowest BCUT2D eigenvalue weighted by Gasteiger charge is -2.47. The van der Waals surface area contributed by atoms with E-state index in [1.165, 1.54) is 12.1 Å². The molecule has 1 aliphatic rings. The highest BCUT2D eigenvalue weighted by molar-refractivity contribution is 7.05. The largest absolute Gasteiger partial charge is 0.0857 e. The van der Waals surface area contributed by atoms with Gasteiger partial charge in [-0.1, -0.05) is 87.5 Å². The maximum absolute atomic E-state index is 2.62. The molecule has 0 unspecified atom stereocenters. The van der Waals surface area contributed by atoms with Gasteiger partial charge in [0.05, 0.1) is 16.1 Å². The molecule has 0 aromatic heterocycles. The second-order valence-electron chi connectivity index (χ2n) is 7.19. The summed E-state index contributed by atoms with van der Waals surface area (Å²) in [7, 11) is -2.47. The Kier molecular flexibility index (Phi) is 3.63. The molecule has 0 amide bonds. The molecule has 2 rings (SSSR count). The molecule has 2 atom stereocenters. The van der Waals surface area contributed by atoms with Crippen molar-refractivity contribution in [1.29, 1.82) is 0 Å². The Balaban J connectivity index is 2.61. The first kappa shape index (κ1) is 14.1. The van der Waals surface area contributed by atoms with Gasteiger partial charge in [0, 0.05) is 0 Å². The highest BCUT2D eigenvalue weighted by atomic mass is 28.3. The Morgan fingerprint density at radius 3 is 1.39 bits per heavy atom. The summed E-state index contributed by atoms with van der Waals surface area (Å²) in [5.74, 6) is 0. The van der Waals surface area contributed by atoms with Crippen LogP contribution in [0.3, 0.4) is 0 Å². The van der Waals surface area contributed by atoms with Crippen molar-refractivity contribution in [2.45, 2.75) is 64.0 Å². The predicted molar refractivity (Wildman–Crippen MR) is 88.8 cm³/mol. The Morgan fingerprint density at radius 2 is 1.11 bits per heavy atom. The summed E-state index contributed by atoms with van der Waals surface area (Å²) in [6.07, 6.45) is 0. The van der Waals surface area contributed by atoms with Crippen LogP contribution in [0.2, 0.25) is 36.3 Å². The monoisotopic (exact) mass is 276 g/mol. The molecule has 1 heterocycles. The number of hydrogen-bond acceptors (Lipinski definition) is 0. The molecule has 1 aromatic carbocycles. The van der Waals surface area contributed by atoms with E-state index < -0.39 is 16.1 Å². The van der Waals surface area contributed by atoms with Gasteiger partial charge in [-0.25, -0.2) is 0 Å². The summed E-state index contributed by atoms with van der Waals surface area (Å²) >= 11 is 0. The molecule has 0 saturated heterocycles. The van der Waals surface area contributed by atoms with Crippen molar-refractivity contribution in [2.75, 3.05) is 0 Å². The molecule has 100 valence electrons. The molecule has 1 aliphatic heterocycles. The summed E-state index contributed by atoms with van der Waals surface area (Å²) in [6.45, 7) is 15.0. The first-order valence-corrected chi connectivity index (χ1v) is 13.0.